The van der Waals surface area contributed by atoms with Crippen LogP contribution >= 0.6 is 12.2 Å². The Bertz CT molecular complexity index is 1040. The van der Waals surface area contributed by atoms with Crippen molar-refractivity contribution in [2.45, 2.75) is 20.0 Å². The van der Waals surface area contributed by atoms with E-state index in [4.69, 9.17) is 17.0 Å². The van der Waals surface area contributed by atoms with Gasteiger partial charge in [0.1, 0.15) is 16.9 Å². The third-order valence-electron chi connectivity index (χ3n) is 5.51. The number of rotatable bonds is 5. The van der Waals surface area contributed by atoms with Crippen LogP contribution in [0.3, 0.4) is 0 Å². The summed E-state index contributed by atoms with van der Waals surface area (Å²) in [5.41, 5.74) is 1.86. The fourth-order valence-electron chi connectivity index (χ4n) is 3.84. The quantitative estimate of drug-likeness (QED) is 0.658. The van der Waals surface area contributed by atoms with Crippen molar-refractivity contribution in [3.63, 3.8) is 0 Å². The van der Waals surface area contributed by atoms with Gasteiger partial charge in [-0.1, -0.05) is 12.2 Å². The molecule has 2 aromatic rings. The molecule has 11 heteroatoms. The number of imidazole rings is 1. The fraction of sp³-hybridized carbons (Fsp3) is 0.429. The predicted octanol–water partition coefficient (Wildman–Crippen LogP) is 1.82. The molecule has 2 saturated heterocycles. The minimum absolute atomic E-state index is 0.199. The van der Waals surface area contributed by atoms with Gasteiger partial charge in [0.25, 0.3) is 0 Å². The number of hydrogen-bond donors (Lipinski definition) is 2. The monoisotopic (exact) mass is 460 g/mol. The van der Waals surface area contributed by atoms with Gasteiger partial charge in [-0.2, -0.15) is 0 Å². The summed E-state index contributed by atoms with van der Waals surface area (Å²) in [4.78, 5) is 36.7. The Morgan fingerprint density at radius 2 is 2.09 bits per heavy atom. The number of amides is 2. The summed E-state index contributed by atoms with van der Waals surface area (Å²) in [5.74, 6) is 0.0733. The molecule has 2 N–H and O–H groups in total. The van der Waals surface area contributed by atoms with Crippen LogP contribution in [0.4, 0.5) is 20.6 Å². The number of carbonyl (C=O) groups excluding carboxylic acids is 2. The molecule has 0 bridgehead atoms. The first kappa shape index (κ1) is 22.0. The maximum atomic E-state index is 15.0. The zero-order valence-electron chi connectivity index (χ0n) is 17.9. The average molecular weight is 461 g/mol. The number of aryl methyl sites for hydroxylation is 1. The highest BCUT2D eigenvalue weighted by Gasteiger charge is 2.33. The van der Waals surface area contributed by atoms with E-state index in [1.807, 2.05) is 11.8 Å². The van der Waals surface area contributed by atoms with Gasteiger partial charge in [-0.3, -0.25) is 9.69 Å². The van der Waals surface area contributed by atoms with E-state index in [1.165, 1.54) is 17.9 Å². The number of cyclic esters (lactones) is 1. The Balaban J connectivity index is 1.37. The Labute approximate surface area is 190 Å². The van der Waals surface area contributed by atoms with E-state index in [2.05, 4.69) is 20.2 Å². The highest BCUT2D eigenvalue weighted by Crippen LogP contribution is 2.28. The van der Waals surface area contributed by atoms with E-state index >= 15 is 0 Å². The van der Waals surface area contributed by atoms with Crippen molar-refractivity contribution >= 4 is 40.6 Å². The number of nitrogens with zero attached hydrogens (tertiary/aromatic N) is 4. The van der Waals surface area contributed by atoms with E-state index in [-0.39, 0.29) is 19.0 Å². The first-order chi connectivity index (χ1) is 15.3. The number of nitrogens with one attached hydrogen (secondary N) is 2. The lowest BCUT2D eigenvalue weighted by Crippen LogP contribution is -2.49. The zero-order chi connectivity index (χ0) is 22.8. The molecule has 2 aliphatic rings. The summed E-state index contributed by atoms with van der Waals surface area (Å²) >= 11 is 5.53. The van der Waals surface area contributed by atoms with Gasteiger partial charge in [-0.15, -0.1) is 0 Å². The van der Waals surface area contributed by atoms with Gasteiger partial charge >= 0.3 is 6.09 Å². The van der Waals surface area contributed by atoms with Gasteiger partial charge in [-0.05, 0) is 25.1 Å². The van der Waals surface area contributed by atoms with Crippen LogP contribution in [0.2, 0.25) is 0 Å². The molecular formula is C21H25FN6O3S. The lowest BCUT2D eigenvalue weighted by molar-refractivity contribution is -0.119. The topological polar surface area (TPSA) is 93.8 Å². The average Bonchev–Trinajstić information content (AvgIpc) is 3.37. The van der Waals surface area contributed by atoms with E-state index in [0.717, 1.165) is 5.69 Å². The molecule has 2 fully saturated rings. The van der Waals surface area contributed by atoms with Gasteiger partial charge in [0.05, 0.1) is 24.5 Å². The first-order valence-electron chi connectivity index (χ1n) is 10.4. The molecule has 1 atom stereocenters. The van der Waals surface area contributed by atoms with Crippen molar-refractivity contribution < 1.29 is 18.7 Å². The predicted molar refractivity (Wildman–Crippen MR) is 122 cm³/mol. The number of aromatic amines is 1. The van der Waals surface area contributed by atoms with Crippen molar-refractivity contribution in [2.24, 2.45) is 0 Å². The largest absolute Gasteiger partial charge is 0.442 e. The molecule has 2 amide bonds. The lowest BCUT2D eigenvalue weighted by Gasteiger charge is -2.37. The molecule has 0 saturated carbocycles. The maximum Gasteiger partial charge on any atom is 0.414 e. The molecule has 1 aromatic heterocycles. The Kier molecular flexibility index (Phi) is 6.26. The van der Waals surface area contributed by atoms with E-state index < -0.39 is 18.0 Å². The molecule has 9 nitrogen and oxygen atoms in total. The molecule has 0 aliphatic carbocycles. The van der Waals surface area contributed by atoms with E-state index in [0.29, 0.717) is 48.4 Å². The number of carbonyl (C=O) groups is 2. The van der Waals surface area contributed by atoms with Gasteiger partial charge in [-0.25, -0.2) is 14.2 Å². The molecule has 2 aliphatic heterocycles. The molecule has 4 rings (SSSR count). The van der Waals surface area contributed by atoms with E-state index in [9.17, 15) is 14.0 Å². The minimum Gasteiger partial charge on any atom is -0.442 e. The zero-order valence-corrected chi connectivity index (χ0v) is 18.7. The van der Waals surface area contributed by atoms with Gasteiger partial charge < -0.3 is 24.8 Å². The number of anilines is 2. The van der Waals surface area contributed by atoms with Crippen molar-refractivity contribution in [2.75, 3.05) is 49.1 Å². The van der Waals surface area contributed by atoms with Crippen LogP contribution in [-0.2, 0) is 9.53 Å². The molecule has 1 aromatic carbocycles. The second-order valence-corrected chi connectivity index (χ2v) is 8.27. The van der Waals surface area contributed by atoms with Crippen molar-refractivity contribution in [1.29, 1.82) is 0 Å². The molecule has 3 heterocycles. The van der Waals surface area contributed by atoms with Crippen molar-refractivity contribution in [3.8, 4) is 0 Å². The second kappa shape index (κ2) is 9.11. The third-order valence-corrected chi connectivity index (χ3v) is 5.96. The van der Waals surface area contributed by atoms with Crippen LogP contribution in [0.1, 0.15) is 18.4 Å². The number of hydrogen-bond acceptors (Lipinski definition) is 6. The summed E-state index contributed by atoms with van der Waals surface area (Å²) < 4.78 is 20.2. The van der Waals surface area contributed by atoms with Crippen LogP contribution < -0.4 is 15.1 Å². The normalized spacial score (nSPS) is 18.7. The summed E-state index contributed by atoms with van der Waals surface area (Å²) in [5, 5.41) is 2.62. The fourth-order valence-corrected chi connectivity index (χ4v) is 4.12. The van der Waals surface area contributed by atoms with Gasteiger partial charge in [0.15, 0.2) is 5.82 Å². The van der Waals surface area contributed by atoms with Crippen molar-refractivity contribution in [3.05, 3.63) is 41.7 Å². The van der Waals surface area contributed by atoms with Crippen molar-refractivity contribution in [1.82, 2.24) is 20.2 Å². The summed E-state index contributed by atoms with van der Waals surface area (Å²) in [6, 6.07) is 4.74. The van der Waals surface area contributed by atoms with Gasteiger partial charge in [0.2, 0.25) is 5.91 Å². The van der Waals surface area contributed by atoms with Crippen LogP contribution in [0.5, 0.6) is 0 Å². The summed E-state index contributed by atoms with van der Waals surface area (Å²) in [7, 11) is 0. The maximum absolute atomic E-state index is 15.0. The van der Waals surface area contributed by atoms with Crippen LogP contribution in [0, 0.1) is 12.7 Å². The molecule has 0 unspecified atom stereocenters. The Morgan fingerprint density at radius 3 is 2.72 bits per heavy atom. The highest BCUT2D eigenvalue weighted by atomic mass is 32.1. The first-order valence-corrected chi connectivity index (χ1v) is 10.8. The van der Waals surface area contributed by atoms with Crippen LogP contribution in [0.15, 0.2) is 24.4 Å². The number of thiocarbonyl (C=S) groups is 1. The number of halogens is 1. The van der Waals surface area contributed by atoms with Crippen LogP contribution in [-0.4, -0.2) is 77.2 Å². The smallest absolute Gasteiger partial charge is 0.414 e. The number of H-pyrrole nitrogens is 1. The Morgan fingerprint density at radius 1 is 1.34 bits per heavy atom. The molecule has 32 heavy (non-hydrogen) atoms. The Hall–Kier alpha value is -3.21. The molecule has 0 radical (unpaired) electrons. The number of aromatic nitrogens is 2. The minimum atomic E-state index is -0.553. The highest BCUT2D eigenvalue weighted by molar-refractivity contribution is 7.80. The van der Waals surface area contributed by atoms with E-state index in [1.54, 1.807) is 18.3 Å². The summed E-state index contributed by atoms with van der Waals surface area (Å²) in [6.07, 6.45) is 0.722. The molecule has 170 valence electrons. The third kappa shape index (κ3) is 4.67. The SMILES string of the molecule is CC(=O)NC[C@H]1CN(c2ccc(N3CCN(C(=S)c4ncc(C)[nH]4)CC3)c(F)c2)C(=O)O1. The van der Waals surface area contributed by atoms with Crippen LogP contribution in [0.25, 0.3) is 0 Å². The molecule has 0 spiro atoms. The number of piperazine rings is 1. The number of ether oxygens (including phenoxy) is 1. The second-order valence-electron chi connectivity index (χ2n) is 7.88. The number of benzene rings is 1. The summed E-state index contributed by atoms with van der Waals surface area (Å²) in [6.45, 7) is 6.33. The molecular weight excluding hydrogens is 435 g/mol. The standard InChI is InChI=1S/C21H25FN6O3S/c1-13-10-24-19(25-13)20(32)27-7-5-26(6-8-27)18-4-3-15(9-17(18)22)28-12-16(31-21(28)30)11-23-14(2)29/h3-4,9-10,16H,5-8,11-12H2,1-2H3,(H,23,29)(H,24,25)/t16-/m0/s1. The lowest BCUT2D eigenvalue weighted by atomic mass is 10.2. The van der Waals surface area contributed by atoms with Gasteiger partial charge in [0, 0.05) is 45.0 Å².